The molecule has 1 aromatic carbocycles. The second-order valence-electron chi connectivity index (χ2n) is 5.42. The first-order valence-electron chi connectivity index (χ1n) is 7.85. The summed E-state index contributed by atoms with van der Waals surface area (Å²) >= 11 is 6.51. The van der Waals surface area contributed by atoms with Crippen molar-refractivity contribution in [3.8, 4) is 0 Å². The van der Waals surface area contributed by atoms with Gasteiger partial charge < -0.3 is 10.2 Å². The minimum atomic E-state index is 0.335. The second kappa shape index (κ2) is 9.25. The molecule has 1 N–H and O–H groups in total. The van der Waals surface area contributed by atoms with E-state index in [1.165, 1.54) is 36.9 Å². The Morgan fingerprint density at radius 3 is 2.20 bits per heavy atom. The minimum absolute atomic E-state index is 0.335. The molecule has 0 saturated carbocycles. The van der Waals surface area contributed by atoms with Crippen molar-refractivity contribution in [2.75, 3.05) is 25.0 Å². The third-order valence-electron chi connectivity index (χ3n) is 3.81. The van der Waals surface area contributed by atoms with Crippen molar-refractivity contribution >= 4 is 17.3 Å². The Bertz CT molecular complexity index is 385. The van der Waals surface area contributed by atoms with Crippen molar-refractivity contribution in [3.05, 3.63) is 28.8 Å². The summed E-state index contributed by atoms with van der Waals surface area (Å²) in [5.74, 6) is 0. The van der Waals surface area contributed by atoms with Crippen molar-refractivity contribution < 1.29 is 0 Å². The van der Waals surface area contributed by atoms with Crippen LogP contribution < -0.4 is 10.2 Å². The van der Waals surface area contributed by atoms with Gasteiger partial charge in [-0.1, -0.05) is 44.4 Å². The molecule has 1 rings (SSSR count). The van der Waals surface area contributed by atoms with Crippen molar-refractivity contribution in [3.63, 3.8) is 0 Å². The summed E-state index contributed by atoms with van der Waals surface area (Å²) in [6.45, 7) is 8.81. The quantitative estimate of drug-likeness (QED) is 0.688. The van der Waals surface area contributed by atoms with Gasteiger partial charge in [0.05, 0.1) is 10.7 Å². The molecule has 114 valence electrons. The van der Waals surface area contributed by atoms with E-state index in [1.54, 1.807) is 0 Å². The van der Waals surface area contributed by atoms with Gasteiger partial charge in [-0.15, -0.1) is 0 Å². The maximum absolute atomic E-state index is 6.51. The highest BCUT2D eigenvalue weighted by Gasteiger charge is 2.12. The van der Waals surface area contributed by atoms with Crippen LogP contribution in [-0.4, -0.2) is 20.1 Å². The fourth-order valence-electron chi connectivity index (χ4n) is 2.27. The van der Waals surface area contributed by atoms with Crippen LogP contribution in [-0.2, 0) is 0 Å². The van der Waals surface area contributed by atoms with Crippen molar-refractivity contribution in [1.82, 2.24) is 5.32 Å². The molecule has 1 atom stereocenters. The Hall–Kier alpha value is -0.730. The van der Waals surface area contributed by atoms with E-state index in [2.05, 4.69) is 49.2 Å². The molecule has 1 unspecified atom stereocenters. The molecular weight excluding hydrogens is 268 g/mol. The lowest BCUT2D eigenvalue weighted by molar-refractivity contribution is 0.651. The van der Waals surface area contributed by atoms with Gasteiger partial charge in [-0.25, -0.2) is 0 Å². The summed E-state index contributed by atoms with van der Waals surface area (Å²) in [6, 6.07) is 6.80. The van der Waals surface area contributed by atoms with Crippen LogP contribution in [0.5, 0.6) is 0 Å². The first-order chi connectivity index (χ1) is 9.63. The Balaban J connectivity index is 2.89. The number of hydrogen-bond acceptors (Lipinski definition) is 2. The number of benzene rings is 1. The summed E-state index contributed by atoms with van der Waals surface area (Å²) in [5, 5.41) is 4.13. The minimum Gasteiger partial charge on any atom is -0.370 e. The van der Waals surface area contributed by atoms with E-state index in [9.17, 15) is 0 Å². The van der Waals surface area contributed by atoms with Crippen LogP contribution in [0.3, 0.4) is 0 Å². The SMILES string of the molecule is CCCCN(CCCC)c1ccc(C(C)NC)cc1Cl. The smallest absolute Gasteiger partial charge is 0.0642 e. The molecule has 0 aliphatic carbocycles. The number of nitrogens with one attached hydrogen (secondary N) is 1. The Labute approximate surface area is 129 Å². The van der Waals surface area contributed by atoms with E-state index in [-0.39, 0.29) is 0 Å². The van der Waals surface area contributed by atoms with Crippen LogP contribution in [0.15, 0.2) is 18.2 Å². The molecule has 0 aliphatic rings. The zero-order chi connectivity index (χ0) is 15.0. The van der Waals surface area contributed by atoms with E-state index >= 15 is 0 Å². The summed E-state index contributed by atoms with van der Waals surface area (Å²) in [7, 11) is 1.97. The van der Waals surface area contributed by atoms with E-state index < -0.39 is 0 Å². The molecule has 3 heteroatoms. The standard InChI is InChI=1S/C17H29ClN2/c1-5-7-11-20(12-8-6-2)17-10-9-15(13-16(17)18)14(3)19-4/h9-10,13-14,19H,5-8,11-12H2,1-4H3. The molecule has 0 heterocycles. The number of rotatable bonds is 9. The zero-order valence-electron chi connectivity index (χ0n) is 13.4. The van der Waals surface area contributed by atoms with Gasteiger partial charge in [0.2, 0.25) is 0 Å². The van der Waals surface area contributed by atoms with E-state index in [1.807, 2.05) is 7.05 Å². The average molecular weight is 297 g/mol. The monoisotopic (exact) mass is 296 g/mol. The topological polar surface area (TPSA) is 15.3 Å². The van der Waals surface area contributed by atoms with Crippen LogP contribution in [0, 0.1) is 0 Å². The summed E-state index contributed by atoms with van der Waals surface area (Å²) in [5.41, 5.74) is 2.42. The highest BCUT2D eigenvalue weighted by molar-refractivity contribution is 6.33. The summed E-state index contributed by atoms with van der Waals surface area (Å²) in [4.78, 5) is 2.43. The third kappa shape index (κ3) is 4.99. The molecule has 2 nitrogen and oxygen atoms in total. The fraction of sp³-hybridized carbons (Fsp3) is 0.647. The van der Waals surface area contributed by atoms with Crippen molar-refractivity contribution in [2.24, 2.45) is 0 Å². The fourth-order valence-corrected chi connectivity index (χ4v) is 2.57. The van der Waals surface area contributed by atoms with Gasteiger partial charge in [-0.3, -0.25) is 0 Å². The van der Waals surface area contributed by atoms with Gasteiger partial charge >= 0.3 is 0 Å². The molecule has 0 aromatic heterocycles. The summed E-state index contributed by atoms with van der Waals surface area (Å²) < 4.78 is 0. The molecule has 0 radical (unpaired) electrons. The largest absolute Gasteiger partial charge is 0.370 e. The number of halogens is 1. The lowest BCUT2D eigenvalue weighted by Crippen LogP contribution is -2.26. The molecule has 20 heavy (non-hydrogen) atoms. The first-order valence-corrected chi connectivity index (χ1v) is 8.23. The van der Waals surface area contributed by atoms with Crippen LogP contribution >= 0.6 is 11.6 Å². The van der Waals surface area contributed by atoms with Crippen LogP contribution in [0.1, 0.15) is 58.1 Å². The predicted molar refractivity (Wildman–Crippen MR) is 91.0 cm³/mol. The van der Waals surface area contributed by atoms with Gasteiger partial charge in [0, 0.05) is 19.1 Å². The Morgan fingerprint density at radius 1 is 1.15 bits per heavy atom. The maximum atomic E-state index is 6.51. The van der Waals surface area contributed by atoms with Crippen LogP contribution in [0.25, 0.3) is 0 Å². The first kappa shape index (κ1) is 17.3. The van der Waals surface area contributed by atoms with Gasteiger partial charge in [0.1, 0.15) is 0 Å². The average Bonchev–Trinajstić information content (AvgIpc) is 2.47. The number of hydrogen-bond donors (Lipinski definition) is 1. The van der Waals surface area contributed by atoms with Gasteiger partial charge in [-0.2, -0.15) is 0 Å². The molecule has 0 spiro atoms. The molecule has 1 aromatic rings. The number of nitrogens with zero attached hydrogens (tertiary/aromatic N) is 1. The van der Waals surface area contributed by atoms with Crippen LogP contribution in [0.2, 0.25) is 5.02 Å². The van der Waals surface area contributed by atoms with E-state index in [0.717, 1.165) is 18.1 Å². The number of anilines is 1. The highest BCUT2D eigenvalue weighted by atomic mass is 35.5. The molecule has 0 saturated heterocycles. The third-order valence-corrected chi connectivity index (χ3v) is 4.11. The van der Waals surface area contributed by atoms with Crippen molar-refractivity contribution in [1.29, 1.82) is 0 Å². The molecular formula is C17H29ClN2. The molecule has 0 aliphatic heterocycles. The van der Waals surface area contributed by atoms with Crippen molar-refractivity contribution in [2.45, 2.75) is 52.5 Å². The normalized spacial score (nSPS) is 12.4. The van der Waals surface area contributed by atoms with Gasteiger partial charge in [0.15, 0.2) is 0 Å². The highest BCUT2D eigenvalue weighted by Crippen LogP contribution is 2.29. The van der Waals surface area contributed by atoms with Gasteiger partial charge in [0.25, 0.3) is 0 Å². The predicted octanol–water partition coefficient (Wildman–Crippen LogP) is 5.03. The van der Waals surface area contributed by atoms with E-state index in [0.29, 0.717) is 6.04 Å². The molecule has 0 fully saturated rings. The zero-order valence-corrected chi connectivity index (χ0v) is 14.1. The van der Waals surface area contributed by atoms with Crippen LogP contribution in [0.4, 0.5) is 5.69 Å². The Kier molecular flexibility index (Phi) is 8.01. The maximum Gasteiger partial charge on any atom is 0.0642 e. The lowest BCUT2D eigenvalue weighted by atomic mass is 10.1. The van der Waals surface area contributed by atoms with Gasteiger partial charge in [-0.05, 0) is 44.5 Å². The number of unbranched alkanes of at least 4 members (excludes halogenated alkanes) is 2. The lowest BCUT2D eigenvalue weighted by Gasteiger charge is -2.26. The molecule has 0 amide bonds. The second-order valence-corrected chi connectivity index (χ2v) is 5.82. The summed E-state index contributed by atoms with van der Waals surface area (Å²) in [6.07, 6.45) is 4.87. The molecule has 0 bridgehead atoms. The van der Waals surface area contributed by atoms with E-state index in [4.69, 9.17) is 11.6 Å². The Morgan fingerprint density at radius 2 is 1.75 bits per heavy atom.